The second-order valence-corrected chi connectivity index (χ2v) is 4.35. The number of carbonyl (C=O) groups is 1. The molecule has 19 heavy (non-hydrogen) atoms. The number of benzene rings is 2. The molecule has 0 atom stereocenters. The summed E-state index contributed by atoms with van der Waals surface area (Å²) < 4.78 is 1.69. The van der Waals surface area contributed by atoms with Gasteiger partial charge in [-0.25, -0.2) is 9.48 Å². The molecule has 94 valence electrons. The molecule has 0 bridgehead atoms. The maximum atomic E-state index is 10.9. The highest BCUT2D eigenvalue weighted by Crippen LogP contribution is 2.18. The predicted octanol–water partition coefficient (Wildman–Crippen LogP) is 2.43. The standard InChI is InChI=1S/C14H11N3O2/c1-9-2-5-11(6-3-9)17-13-7-4-10(14(18)19)8-12(13)15-16-17/h2-8H,1H3,(H,18,19). The van der Waals surface area contributed by atoms with E-state index in [1.807, 2.05) is 31.2 Å². The molecule has 3 aromatic rings. The van der Waals surface area contributed by atoms with Gasteiger partial charge in [-0.3, -0.25) is 0 Å². The molecular formula is C14H11N3O2. The van der Waals surface area contributed by atoms with Gasteiger partial charge in [-0.2, -0.15) is 0 Å². The van der Waals surface area contributed by atoms with Gasteiger partial charge in [0, 0.05) is 0 Å². The molecular weight excluding hydrogens is 242 g/mol. The summed E-state index contributed by atoms with van der Waals surface area (Å²) in [7, 11) is 0. The van der Waals surface area contributed by atoms with Gasteiger partial charge >= 0.3 is 5.97 Å². The number of nitrogens with zero attached hydrogens (tertiary/aromatic N) is 3. The Kier molecular flexibility index (Phi) is 2.52. The van der Waals surface area contributed by atoms with Crippen molar-refractivity contribution in [2.24, 2.45) is 0 Å². The number of aromatic nitrogens is 3. The summed E-state index contributed by atoms with van der Waals surface area (Å²) in [5.41, 5.74) is 3.63. The first kappa shape index (κ1) is 11.4. The Bertz CT molecular complexity index is 760. The molecule has 1 N–H and O–H groups in total. The monoisotopic (exact) mass is 253 g/mol. The molecule has 1 heterocycles. The van der Waals surface area contributed by atoms with E-state index in [-0.39, 0.29) is 5.56 Å². The molecule has 3 rings (SSSR count). The fourth-order valence-corrected chi connectivity index (χ4v) is 1.93. The largest absolute Gasteiger partial charge is 0.478 e. The van der Waals surface area contributed by atoms with Crippen LogP contribution in [0.3, 0.4) is 0 Å². The van der Waals surface area contributed by atoms with E-state index in [0.29, 0.717) is 5.52 Å². The van der Waals surface area contributed by atoms with Gasteiger partial charge in [-0.05, 0) is 37.3 Å². The van der Waals surface area contributed by atoms with Crippen molar-refractivity contribution in [2.75, 3.05) is 0 Å². The Morgan fingerprint density at radius 3 is 2.58 bits per heavy atom. The smallest absolute Gasteiger partial charge is 0.335 e. The van der Waals surface area contributed by atoms with Gasteiger partial charge in [-0.15, -0.1) is 5.10 Å². The Morgan fingerprint density at radius 1 is 1.16 bits per heavy atom. The van der Waals surface area contributed by atoms with Gasteiger partial charge in [0.05, 0.1) is 16.8 Å². The lowest BCUT2D eigenvalue weighted by atomic mass is 10.2. The van der Waals surface area contributed by atoms with E-state index >= 15 is 0 Å². The van der Waals surface area contributed by atoms with E-state index in [9.17, 15) is 4.79 Å². The van der Waals surface area contributed by atoms with Crippen LogP contribution < -0.4 is 0 Å². The van der Waals surface area contributed by atoms with E-state index < -0.39 is 5.97 Å². The van der Waals surface area contributed by atoms with Crippen LogP contribution in [-0.4, -0.2) is 26.1 Å². The molecule has 2 aromatic carbocycles. The van der Waals surface area contributed by atoms with Gasteiger partial charge < -0.3 is 5.11 Å². The molecule has 0 radical (unpaired) electrons. The van der Waals surface area contributed by atoms with Crippen LogP contribution in [0.5, 0.6) is 0 Å². The number of fused-ring (bicyclic) bond motifs is 1. The Labute approximate surface area is 109 Å². The summed E-state index contributed by atoms with van der Waals surface area (Å²) in [6.45, 7) is 2.02. The zero-order chi connectivity index (χ0) is 13.4. The van der Waals surface area contributed by atoms with E-state index in [1.165, 1.54) is 11.6 Å². The maximum absolute atomic E-state index is 10.9. The number of carboxylic acid groups (broad SMARTS) is 1. The Balaban J connectivity index is 2.15. The van der Waals surface area contributed by atoms with E-state index in [0.717, 1.165) is 11.2 Å². The Morgan fingerprint density at radius 2 is 1.89 bits per heavy atom. The van der Waals surface area contributed by atoms with Crippen LogP contribution in [0.25, 0.3) is 16.7 Å². The van der Waals surface area contributed by atoms with E-state index in [1.54, 1.807) is 16.8 Å². The van der Waals surface area contributed by atoms with Crippen molar-refractivity contribution in [1.29, 1.82) is 0 Å². The lowest BCUT2D eigenvalue weighted by molar-refractivity contribution is 0.0697. The highest BCUT2D eigenvalue weighted by atomic mass is 16.4. The molecule has 0 aliphatic heterocycles. The lowest BCUT2D eigenvalue weighted by Crippen LogP contribution is -1.97. The second kappa shape index (κ2) is 4.20. The quantitative estimate of drug-likeness (QED) is 0.761. The van der Waals surface area contributed by atoms with Crippen molar-refractivity contribution < 1.29 is 9.90 Å². The van der Waals surface area contributed by atoms with Crippen molar-refractivity contribution in [1.82, 2.24) is 15.0 Å². The van der Waals surface area contributed by atoms with Crippen molar-refractivity contribution in [2.45, 2.75) is 6.92 Å². The van der Waals surface area contributed by atoms with Crippen molar-refractivity contribution >= 4 is 17.0 Å². The average Bonchev–Trinajstić information content (AvgIpc) is 2.82. The minimum atomic E-state index is -0.966. The molecule has 0 saturated heterocycles. The summed E-state index contributed by atoms with van der Waals surface area (Å²) in [5, 5.41) is 17.0. The Hall–Kier alpha value is -2.69. The third-order valence-corrected chi connectivity index (χ3v) is 2.97. The molecule has 1 aromatic heterocycles. The topological polar surface area (TPSA) is 68.0 Å². The van der Waals surface area contributed by atoms with Gasteiger partial charge in [0.25, 0.3) is 0 Å². The third-order valence-electron chi connectivity index (χ3n) is 2.97. The van der Waals surface area contributed by atoms with E-state index in [2.05, 4.69) is 10.3 Å². The molecule has 0 aliphatic rings. The molecule has 5 heteroatoms. The summed E-state index contributed by atoms with van der Waals surface area (Å²) in [6.07, 6.45) is 0. The minimum Gasteiger partial charge on any atom is -0.478 e. The summed E-state index contributed by atoms with van der Waals surface area (Å²) in [4.78, 5) is 10.9. The lowest BCUT2D eigenvalue weighted by Gasteiger charge is -2.02. The molecule has 5 nitrogen and oxygen atoms in total. The first-order valence-corrected chi connectivity index (χ1v) is 5.81. The number of rotatable bonds is 2. The van der Waals surface area contributed by atoms with Crippen LogP contribution in [0, 0.1) is 6.92 Å². The van der Waals surface area contributed by atoms with Gasteiger partial charge in [-0.1, -0.05) is 22.9 Å². The van der Waals surface area contributed by atoms with Crippen LogP contribution in [0.2, 0.25) is 0 Å². The number of hydrogen-bond acceptors (Lipinski definition) is 3. The van der Waals surface area contributed by atoms with Crippen molar-refractivity contribution in [3.8, 4) is 5.69 Å². The van der Waals surface area contributed by atoms with Crippen molar-refractivity contribution in [3.63, 3.8) is 0 Å². The highest BCUT2D eigenvalue weighted by molar-refractivity contribution is 5.92. The normalized spacial score (nSPS) is 10.8. The maximum Gasteiger partial charge on any atom is 0.335 e. The fraction of sp³-hybridized carbons (Fsp3) is 0.0714. The van der Waals surface area contributed by atoms with Gasteiger partial charge in [0.1, 0.15) is 5.52 Å². The first-order chi connectivity index (χ1) is 9.15. The number of aryl methyl sites for hydroxylation is 1. The molecule has 0 aliphatic carbocycles. The summed E-state index contributed by atoms with van der Waals surface area (Å²) >= 11 is 0. The minimum absolute atomic E-state index is 0.212. The highest BCUT2D eigenvalue weighted by Gasteiger charge is 2.09. The van der Waals surface area contributed by atoms with Crippen LogP contribution in [-0.2, 0) is 0 Å². The molecule has 0 spiro atoms. The second-order valence-electron chi connectivity index (χ2n) is 4.35. The van der Waals surface area contributed by atoms with Crippen LogP contribution in [0.4, 0.5) is 0 Å². The van der Waals surface area contributed by atoms with Crippen LogP contribution in [0.15, 0.2) is 42.5 Å². The zero-order valence-corrected chi connectivity index (χ0v) is 10.2. The molecule has 0 unspecified atom stereocenters. The SMILES string of the molecule is Cc1ccc(-n2nnc3cc(C(=O)O)ccc32)cc1. The van der Waals surface area contributed by atoms with Gasteiger partial charge in [0.2, 0.25) is 0 Å². The molecule has 0 fully saturated rings. The van der Waals surface area contributed by atoms with Crippen LogP contribution in [0.1, 0.15) is 15.9 Å². The first-order valence-electron chi connectivity index (χ1n) is 5.81. The molecule has 0 saturated carbocycles. The predicted molar refractivity (Wildman–Crippen MR) is 70.6 cm³/mol. The van der Waals surface area contributed by atoms with Crippen molar-refractivity contribution in [3.05, 3.63) is 53.6 Å². The fourth-order valence-electron chi connectivity index (χ4n) is 1.93. The third kappa shape index (κ3) is 1.95. The molecule has 0 amide bonds. The van der Waals surface area contributed by atoms with E-state index in [4.69, 9.17) is 5.11 Å². The van der Waals surface area contributed by atoms with Gasteiger partial charge in [0.15, 0.2) is 0 Å². The number of hydrogen-bond donors (Lipinski definition) is 1. The summed E-state index contributed by atoms with van der Waals surface area (Å²) in [5.74, 6) is -0.966. The summed E-state index contributed by atoms with van der Waals surface area (Å²) in [6, 6.07) is 12.7. The van der Waals surface area contributed by atoms with Crippen LogP contribution >= 0.6 is 0 Å². The zero-order valence-electron chi connectivity index (χ0n) is 10.2. The number of aromatic carboxylic acids is 1. The number of carboxylic acids is 1. The average molecular weight is 253 g/mol.